The number of hydrogen-bond donors (Lipinski definition) is 1. The van der Waals surface area contributed by atoms with Crippen LogP contribution in [0.25, 0.3) is 0 Å². The quantitative estimate of drug-likeness (QED) is 0.441. The van der Waals surface area contributed by atoms with E-state index in [9.17, 15) is 4.79 Å². The van der Waals surface area contributed by atoms with Gasteiger partial charge >= 0.3 is 0 Å². The minimum absolute atomic E-state index is 0.182. The first-order valence-corrected chi connectivity index (χ1v) is 7.72. The molecule has 0 heterocycles. The Kier molecular flexibility index (Phi) is 12.2. The average molecular weight is 259 g/mol. The zero-order valence-corrected chi connectivity index (χ0v) is 12.5. The highest BCUT2D eigenvalue weighted by molar-refractivity contribution is 7.80. The molecule has 102 valence electrons. The summed E-state index contributed by atoms with van der Waals surface area (Å²) in [5.41, 5.74) is 0. The Morgan fingerprint density at radius 1 is 0.941 bits per heavy atom. The van der Waals surface area contributed by atoms with Crippen LogP contribution >= 0.6 is 12.6 Å². The van der Waals surface area contributed by atoms with E-state index in [0.717, 1.165) is 25.3 Å². The highest BCUT2D eigenvalue weighted by atomic mass is 32.1. The second-order valence-corrected chi connectivity index (χ2v) is 5.15. The summed E-state index contributed by atoms with van der Waals surface area (Å²) < 4.78 is 0. The van der Waals surface area contributed by atoms with Crippen LogP contribution in [0.1, 0.15) is 65.2 Å². The predicted octanol–water partition coefficient (Wildman–Crippen LogP) is 3.91. The van der Waals surface area contributed by atoms with Crippen LogP contribution in [0, 0.1) is 0 Å². The van der Waals surface area contributed by atoms with Gasteiger partial charge in [0.1, 0.15) is 0 Å². The topological polar surface area (TPSA) is 20.3 Å². The van der Waals surface area contributed by atoms with E-state index < -0.39 is 0 Å². The summed E-state index contributed by atoms with van der Waals surface area (Å²) in [6, 6.07) is 0. The third-order valence-corrected chi connectivity index (χ3v) is 3.30. The van der Waals surface area contributed by atoms with Crippen LogP contribution in [-0.2, 0) is 4.79 Å². The monoisotopic (exact) mass is 259 g/mol. The van der Waals surface area contributed by atoms with Gasteiger partial charge in [-0.2, -0.15) is 12.6 Å². The number of amides is 1. The highest BCUT2D eigenvalue weighted by Crippen LogP contribution is 2.09. The van der Waals surface area contributed by atoms with Crippen LogP contribution < -0.4 is 0 Å². The molecule has 0 atom stereocenters. The lowest BCUT2D eigenvalue weighted by Gasteiger charge is -2.19. The molecular weight excluding hydrogens is 230 g/mol. The minimum atomic E-state index is 0.182. The summed E-state index contributed by atoms with van der Waals surface area (Å²) in [5, 5.41) is 0. The summed E-state index contributed by atoms with van der Waals surface area (Å²) in [4.78, 5) is 13.2. The molecule has 17 heavy (non-hydrogen) atoms. The van der Waals surface area contributed by atoms with Crippen LogP contribution in [0.15, 0.2) is 0 Å². The molecule has 0 aromatic carbocycles. The number of carbonyl (C=O) groups is 1. The van der Waals surface area contributed by atoms with Crippen molar-refractivity contribution in [3.05, 3.63) is 0 Å². The summed E-state index contributed by atoms with van der Waals surface area (Å²) in [6.45, 7) is 5.59. The fourth-order valence-electron chi connectivity index (χ4n) is 1.98. The van der Waals surface area contributed by atoms with E-state index in [1.165, 1.54) is 44.9 Å². The first-order chi connectivity index (χ1) is 8.22. The van der Waals surface area contributed by atoms with Gasteiger partial charge in [0.05, 0.1) is 0 Å². The first kappa shape index (κ1) is 16.8. The second-order valence-electron chi connectivity index (χ2n) is 4.70. The summed E-state index contributed by atoms with van der Waals surface area (Å²) in [6.07, 6.45) is 10.5. The van der Waals surface area contributed by atoms with Gasteiger partial charge in [-0.15, -0.1) is 0 Å². The maximum atomic E-state index is 11.3. The number of carbonyl (C=O) groups excluding carboxylic acids is 1. The lowest BCUT2D eigenvalue weighted by Crippen LogP contribution is -2.31. The largest absolute Gasteiger partial charge is 0.342 e. The molecule has 0 aliphatic rings. The van der Waals surface area contributed by atoms with Crippen molar-refractivity contribution < 1.29 is 4.79 Å². The van der Waals surface area contributed by atoms with Gasteiger partial charge in [-0.1, -0.05) is 51.9 Å². The molecule has 0 aliphatic carbocycles. The van der Waals surface area contributed by atoms with Crippen molar-refractivity contribution in [3.63, 3.8) is 0 Å². The van der Waals surface area contributed by atoms with Crippen LogP contribution in [0.2, 0.25) is 0 Å². The zero-order valence-electron chi connectivity index (χ0n) is 11.6. The number of thiol groups is 1. The van der Waals surface area contributed by atoms with Crippen molar-refractivity contribution in [2.75, 3.05) is 18.8 Å². The summed E-state index contributed by atoms with van der Waals surface area (Å²) in [5.74, 6) is 0.943. The number of rotatable bonds is 11. The highest BCUT2D eigenvalue weighted by Gasteiger charge is 2.05. The molecule has 0 unspecified atom stereocenters. The molecule has 0 saturated carbocycles. The third-order valence-electron chi connectivity index (χ3n) is 3.10. The van der Waals surface area contributed by atoms with Crippen LogP contribution in [0.4, 0.5) is 0 Å². The van der Waals surface area contributed by atoms with Gasteiger partial charge in [-0.25, -0.2) is 0 Å². The van der Waals surface area contributed by atoms with Crippen molar-refractivity contribution in [2.45, 2.75) is 65.2 Å². The van der Waals surface area contributed by atoms with E-state index in [2.05, 4.69) is 19.6 Å². The molecule has 0 saturated heterocycles. The Morgan fingerprint density at radius 3 is 1.94 bits per heavy atom. The Morgan fingerprint density at radius 2 is 1.47 bits per heavy atom. The second kappa shape index (κ2) is 12.3. The van der Waals surface area contributed by atoms with E-state index in [1.54, 1.807) is 6.92 Å². The van der Waals surface area contributed by atoms with E-state index in [4.69, 9.17) is 0 Å². The molecule has 1 amide bonds. The van der Waals surface area contributed by atoms with Crippen molar-refractivity contribution in [2.24, 2.45) is 0 Å². The molecule has 0 aromatic rings. The Balaban J connectivity index is 3.33. The number of unbranched alkanes of at least 4 members (excludes halogenated alkanes) is 7. The van der Waals surface area contributed by atoms with E-state index in [0.29, 0.717) is 0 Å². The maximum Gasteiger partial charge on any atom is 0.219 e. The molecule has 0 aliphatic heterocycles. The van der Waals surface area contributed by atoms with Crippen molar-refractivity contribution in [1.29, 1.82) is 0 Å². The van der Waals surface area contributed by atoms with E-state index in [-0.39, 0.29) is 5.91 Å². The molecule has 3 heteroatoms. The van der Waals surface area contributed by atoms with Gasteiger partial charge in [0.2, 0.25) is 5.91 Å². The standard InChI is InChI=1S/C14H29NOS/c1-3-4-5-6-7-8-9-10-11-15(12-13-17)14(2)16/h17H,3-13H2,1-2H3. The van der Waals surface area contributed by atoms with Crippen LogP contribution in [-0.4, -0.2) is 29.6 Å². The van der Waals surface area contributed by atoms with Gasteiger partial charge < -0.3 is 4.90 Å². The van der Waals surface area contributed by atoms with Gasteiger partial charge in [0, 0.05) is 25.8 Å². The van der Waals surface area contributed by atoms with E-state index in [1.807, 2.05) is 4.90 Å². The normalized spacial score (nSPS) is 10.5. The molecule has 0 fully saturated rings. The zero-order chi connectivity index (χ0) is 12.9. The Hall–Kier alpha value is -0.180. The molecular formula is C14H29NOS. The minimum Gasteiger partial charge on any atom is -0.342 e. The van der Waals surface area contributed by atoms with Gasteiger partial charge in [-0.05, 0) is 6.42 Å². The maximum absolute atomic E-state index is 11.3. The van der Waals surface area contributed by atoms with Gasteiger partial charge in [0.25, 0.3) is 0 Å². The molecule has 0 radical (unpaired) electrons. The van der Waals surface area contributed by atoms with E-state index >= 15 is 0 Å². The van der Waals surface area contributed by atoms with Crippen molar-refractivity contribution in [3.8, 4) is 0 Å². The number of nitrogens with zero attached hydrogens (tertiary/aromatic N) is 1. The van der Waals surface area contributed by atoms with Gasteiger partial charge in [0.15, 0.2) is 0 Å². The number of hydrogen-bond acceptors (Lipinski definition) is 2. The Labute approximate surface area is 113 Å². The van der Waals surface area contributed by atoms with Gasteiger partial charge in [-0.3, -0.25) is 4.79 Å². The average Bonchev–Trinajstić information content (AvgIpc) is 2.31. The van der Waals surface area contributed by atoms with Crippen molar-refractivity contribution in [1.82, 2.24) is 4.90 Å². The lowest BCUT2D eigenvalue weighted by atomic mass is 10.1. The fraction of sp³-hybridized carbons (Fsp3) is 0.929. The van der Waals surface area contributed by atoms with Crippen molar-refractivity contribution >= 4 is 18.5 Å². The summed E-state index contributed by atoms with van der Waals surface area (Å²) in [7, 11) is 0. The molecule has 2 nitrogen and oxygen atoms in total. The molecule has 0 aromatic heterocycles. The lowest BCUT2D eigenvalue weighted by molar-refractivity contribution is -0.128. The smallest absolute Gasteiger partial charge is 0.219 e. The molecule has 0 spiro atoms. The SMILES string of the molecule is CCCCCCCCCCN(CCS)C(C)=O. The predicted molar refractivity (Wildman–Crippen MR) is 78.7 cm³/mol. The van der Waals surface area contributed by atoms with Crippen LogP contribution in [0.5, 0.6) is 0 Å². The van der Waals surface area contributed by atoms with Crippen LogP contribution in [0.3, 0.4) is 0 Å². The molecule has 0 bridgehead atoms. The third kappa shape index (κ3) is 10.7. The molecule has 0 rings (SSSR count). The summed E-state index contributed by atoms with van der Waals surface area (Å²) >= 11 is 4.17. The molecule has 0 N–H and O–H groups in total. The first-order valence-electron chi connectivity index (χ1n) is 7.08. The Bertz CT molecular complexity index is 185. The fourth-order valence-corrected chi connectivity index (χ4v) is 2.23.